The van der Waals surface area contributed by atoms with Gasteiger partial charge in [-0.05, 0) is 19.4 Å². The molecule has 0 aliphatic carbocycles. The topological polar surface area (TPSA) is 39.1 Å². The minimum Gasteiger partial charge on any atom is -0.381 e. The van der Waals surface area contributed by atoms with Gasteiger partial charge < -0.3 is 10.1 Å². The predicted molar refractivity (Wildman–Crippen MR) is 77.7 cm³/mol. The maximum atomic E-state index is 6.44. The van der Waals surface area contributed by atoms with Crippen LogP contribution in [0.1, 0.15) is 31.7 Å². The van der Waals surface area contributed by atoms with Gasteiger partial charge in [0.25, 0.3) is 0 Å². The number of aryl methyl sites for hydroxylation is 2. The predicted octanol–water partition coefficient (Wildman–Crippen LogP) is 2.19. The summed E-state index contributed by atoms with van der Waals surface area (Å²) in [5, 5.41) is 8.91. The first-order valence-corrected chi connectivity index (χ1v) is 7.56. The molecule has 1 aliphatic heterocycles. The third-order valence-corrected chi connectivity index (χ3v) is 4.35. The Morgan fingerprint density at radius 1 is 1.53 bits per heavy atom. The monoisotopic (exact) mass is 285 g/mol. The molecule has 0 radical (unpaired) electrons. The second-order valence-corrected chi connectivity index (χ2v) is 5.55. The van der Waals surface area contributed by atoms with E-state index in [0.717, 1.165) is 55.4 Å². The van der Waals surface area contributed by atoms with E-state index in [9.17, 15) is 0 Å². The van der Waals surface area contributed by atoms with Gasteiger partial charge in [0.1, 0.15) is 0 Å². The zero-order chi connectivity index (χ0) is 13.8. The van der Waals surface area contributed by atoms with Crippen LogP contribution in [0.25, 0.3) is 0 Å². The van der Waals surface area contributed by atoms with Gasteiger partial charge in [-0.1, -0.05) is 25.4 Å². The second kappa shape index (κ2) is 6.73. The summed E-state index contributed by atoms with van der Waals surface area (Å²) in [5.74, 6) is 0.580. The smallest absolute Gasteiger partial charge is 0.0850 e. The van der Waals surface area contributed by atoms with E-state index in [1.165, 1.54) is 0 Å². The largest absolute Gasteiger partial charge is 0.381 e. The second-order valence-electron chi connectivity index (χ2n) is 5.18. The van der Waals surface area contributed by atoms with E-state index in [1.54, 1.807) is 0 Å². The lowest BCUT2D eigenvalue weighted by atomic mass is 9.94. The minimum absolute atomic E-state index is 0.421. The number of nitrogens with zero attached hydrogens (tertiary/aromatic N) is 2. The molecule has 0 spiro atoms. The van der Waals surface area contributed by atoms with Crippen LogP contribution in [0, 0.1) is 5.92 Å². The van der Waals surface area contributed by atoms with Gasteiger partial charge in [-0.3, -0.25) is 4.68 Å². The average molecular weight is 286 g/mol. The third-order valence-electron chi connectivity index (χ3n) is 3.92. The SMILES string of the molecule is CCNC(Cc1c(Cl)c(CC)nn1C)C1CCOC1. The molecule has 108 valence electrons. The molecule has 0 amide bonds. The minimum atomic E-state index is 0.421. The lowest BCUT2D eigenvalue weighted by Gasteiger charge is -2.23. The fourth-order valence-corrected chi connectivity index (χ4v) is 3.16. The maximum Gasteiger partial charge on any atom is 0.0850 e. The Morgan fingerprint density at radius 2 is 2.32 bits per heavy atom. The van der Waals surface area contributed by atoms with Gasteiger partial charge in [0.15, 0.2) is 0 Å². The molecule has 5 heteroatoms. The van der Waals surface area contributed by atoms with E-state index in [1.807, 2.05) is 11.7 Å². The normalized spacial score (nSPS) is 20.9. The van der Waals surface area contributed by atoms with Crippen LogP contribution < -0.4 is 5.32 Å². The standard InChI is InChI=1S/C14H24ClN3O/c1-4-11-14(15)13(18(3)17-11)8-12(16-5-2)10-6-7-19-9-10/h10,12,16H,4-9H2,1-3H3. The summed E-state index contributed by atoms with van der Waals surface area (Å²) < 4.78 is 7.45. The third kappa shape index (κ3) is 3.30. The summed E-state index contributed by atoms with van der Waals surface area (Å²) in [6, 6.07) is 0.421. The van der Waals surface area contributed by atoms with Crippen LogP contribution in [0.15, 0.2) is 0 Å². The molecule has 2 atom stereocenters. The van der Waals surface area contributed by atoms with E-state index < -0.39 is 0 Å². The molecule has 1 aromatic heterocycles. The highest BCUT2D eigenvalue weighted by atomic mass is 35.5. The molecule has 0 bridgehead atoms. The molecule has 4 nitrogen and oxygen atoms in total. The Bertz CT molecular complexity index is 413. The molecule has 2 unspecified atom stereocenters. The summed E-state index contributed by atoms with van der Waals surface area (Å²) in [5.41, 5.74) is 2.13. The zero-order valence-corrected chi connectivity index (χ0v) is 12.8. The van der Waals surface area contributed by atoms with Crippen molar-refractivity contribution in [3.63, 3.8) is 0 Å². The van der Waals surface area contributed by atoms with E-state index >= 15 is 0 Å². The molecular formula is C14H24ClN3O. The number of likely N-dealkylation sites (N-methyl/N-ethyl adjacent to an activating group) is 1. The van der Waals surface area contributed by atoms with Crippen LogP contribution >= 0.6 is 11.6 Å². The summed E-state index contributed by atoms with van der Waals surface area (Å²) in [4.78, 5) is 0. The molecule has 1 fully saturated rings. The molecule has 1 aliphatic rings. The highest BCUT2D eigenvalue weighted by Crippen LogP contribution is 2.26. The summed E-state index contributed by atoms with van der Waals surface area (Å²) in [6.45, 7) is 6.94. The van der Waals surface area contributed by atoms with Gasteiger partial charge in [-0.2, -0.15) is 5.10 Å². The maximum absolute atomic E-state index is 6.44. The van der Waals surface area contributed by atoms with Gasteiger partial charge in [-0.25, -0.2) is 0 Å². The van der Waals surface area contributed by atoms with Crippen molar-refractivity contribution in [2.45, 2.75) is 39.2 Å². The molecule has 2 rings (SSSR count). The summed E-state index contributed by atoms with van der Waals surface area (Å²) in [7, 11) is 1.98. The summed E-state index contributed by atoms with van der Waals surface area (Å²) >= 11 is 6.44. The van der Waals surface area contributed by atoms with Crippen molar-refractivity contribution in [3.8, 4) is 0 Å². The lowest BCUT2D eigenvalue weighted by molar-refractivity contribution is 0.176. The molecule has 19 heavy (non-hydrogen) atoms. The number of halogens is 1. The first-order valence-electron chi connectivity index (χ1n) is 7.18. The van der Waals surface area contributed by atoms with E-state index in [-0.39, 0.29) is 0 Å². The van der Waals surface area contributed by atoms with E-state index in [2.05, 4.69) is 24.3 Å². The first-order chi connectivity index (χ1) is 9.17. The number of rotatable bonds is 6. The van der Waals surface area contributed by atoms with E-state index in [0.29, 0.717) is 12.0 Å². The molecule has 1 N–H and O–H groups in total. The van der Waals surface area contributed by atoms with Crippen molar-refractivity contribution < 1.29 is 4.74 Å². The van der Waals surface area contributed by atoms with E-state index in [4.69, 9.17) is 16.3 Å². The van der Waals surface area contributed by atoms with Crippen molar-refractivity contribution in [2.24, 2.45) is 13.0 Å². The van der Waals surface area contributed by atoms with Crippen LogP contribution in [0.4, 0.5) is 0 Å². The first kappa shape index (κ1) is 14.8. The number of nitrogens with one attached hydrogen (secondary N) is 1. The van der Waals surface area contributed by atoms with Crippen LogP contribution in [-0.2, 0) is 24.6 Å². The van der Waals surface area contributed by atoms with Gasteiger partial charge in [0, 0.05) is 32.0 Å². The molecule has 2 heterocycles. The Labute approximate surface area is 120 Å². The number of hydrogen-bond acceptors (Lipinski definition) is 3. The van der Waals surface area contributed by atoms with Crippen molar-refractivity contribution in [1.29, 1.82) is 0 Å². The average Bonchev–Trinajstić information content (AvgIpc) is 3.01. The number of hydrogen-bond donors (Lipinski definition) is 1. The molecule has 1 aromatic rings. The fourth-order valence-electron chi connectivity index (χ4n) is 2.79. The van der Waals surface area contributed by atoms with Crippen LogP contribution in [0.3, 0.4) is 0 Å². The van der Waals surface area contributed by atoms with Crippen LogP contribution in [0.2, 0.25) is 5.02 Å². The lowest BCUT2D eigenvalue weighted by Crippen LogP contribution is -2.38. The Kier molecular flexibility index (Phi) is 5.25. The van der Waals surface area contributed by atoms with Crippen molar-refractivity contribution in [2.75, 3.05) is 19.8 Å². The Morgan fingerprint density at radius 3 is 2.84 bits per heavy atom. The van der Waals surface area contributed by atoms with Gasteiger partial charge in [-0.15, -0.1) is 0 Å². The van der Waals surface area contributed by atoms with Crippen molar-refractivity contribution in [1.82, 2.24) is 15.1 Å². The van der Waals surface area contributed by atoms with Crippen LogP contribution in [0.5, 0.6) is 0 Å². The Hall–Kier alpha value is -0.580. The number of aromatic nitrogens is 2. The highest BCUT2D eigenvalue weighted by molar-refractivity contribution is 6.31. The molecular weight excluding hydrogens is 262 g/mol. The zero-order valence-electron chi connectivity index (χ0n) is 12.1. The van der Waals surface area contributed by atoms with Gasteiger partial charge >= 0.3 is 0 Å². The van der Waals surface area contributed by atoms with Crippen molar-refractivity contribution in [3.05, 3.63) is 16.4 Å². The fraction of sp³-hybridized carbons (Fsp3) is 0.786. The quantitative estimate of drug-likeness (QED) is 0.871. The number of ether oxygens (including phenoxy) is 1. The Balaban J connectivity index is 2.14. The molecule has 0 aromatic carbocycles. The summed E-state index contributed by atoms with van der Waals surface area (Å²) in [6.07, 6.45) is 2.93. The van der Waals surface area contributed by atoms with Crippen molar-refractivity contribution >= 4 is 11.6 Å². The van der Waals surface area contributed by atoms with Gasteiger partial charge in [0.2, 0.25) is 0 Å². The highest BCUT2D eigenvalue weighted by Gasteiger charge is 2.27. The van der Waals surface area contributed by atoms with Crippen LogP contribution in [-0.4, -0.2) is 35.6 Å². The molecule has 0 saturated carbocycles. The molecule has 1 saturated heterocycles. The van der Waals surface area contributed by atoms with Gasteiger partial charge in [0.05, 0.1) is 23.0 Å².